The zero-order valence-electron chi connectivity index (χ0n) is 8.66. The van der Waals surface area contributed by atoms with E-state index >= 15 is 0 Å². The first kappa shape index (κ1) is 12.9. The number of anilines is 1. The molecule has 0 fully saturated rings. The molecule has 6 heteroatoms. The molecule has 0 saturated heterocycles. The third-order valence-corrected chi connectivity index (χ3v) is 2.92. The Morgan fingerprint density at radius 1 is 1.50 bits per heavy atom. The summed E-state index contributed by atoms with van der Waals surface area (Å²) in [7, 11) is 0. The van der Waals surface area contributed by atoms with Crippen LogP contribution < -0.4 is 16.8 Å². The van der Waals surface area contributed by atoms with Crippen LogP contribution in [0.5, 0.6) is 0 Å². The summed E-state index contributed by atoms with van der Waals surface area (Å²) >= 11 is 8.23. The van der Waals surface area contributed by atoms with Crippen molar-refractivity contribution in [2.45, 2.75) is 13.0 Å². The molecule has 4 nitrogen and oxygen atoms in total. The molecule has 0 aliphatic rings. The van der Waals surface area contributed by atoms with E-state index in [1.165, 1.54) is 0 Å². The van der Waals surface area contributed by atoms with Crippen LogP contribution in [0, 0.1) is 0 Å². The number of hydrogen-bond donors (Lipinski definition) is 3. The van der Waals surface area contributed by atoms with Gasteiger partial charge in [-0.25, -0.2) is 0 Å². The Hall–Kier alpha value is -1.14. The van der Waals surface area contributed by atoms with E-state index < -0.39 is 11.9 Å². The van der Waals surface area contributed by atoms with Gasteiger partial charge in [0.2, 0.25) is 5.91 Å². The second kappa shape index (κ2) is 5.27. The third-order valence-electron chi connectivity index (χ3n) is 2.04. The minimum Gasteiger partial charge on any atom is -0.389 e. The van der Waals surface area contributed by atoms with Crippen molar-refractivity contribution in [3.8, 4) is 0 Å². The quantitative estimate of drug-likeness (QED) is 0.734. The SMILES string of the molecule is CC(Nc1ccc(C(N)=S)c(Br)c1)C(N)=O. The van der Waals surface area contributed by atoms with Gasteiger partial charge in [-0.1, -0.05) is 12.2 Å². The first-order valence-electron chi connectivity index (χ1n) is 4.57. The number of nitrogens with two attached hydrogens (primary N) is 2. The fourth-order valence-electron chi connectivity index (χ4n) is 1.13. The molecule has 0 bridgehead atoms. The summed E-state index contributed by atoms with van der Waals surface area (Å²) in [6, 6.07) is 4.94. The summed E-state index contributed by atoms with van der Waals surface area (Å²) < 4.78 is 0.779. The molecule has 1 unspecified atom stereocenters. The third kappa shape index (κ3) is 3.18. The molecule has 0 aliphatic heterocycles. The van der Waals surface area contributed by atoms with Crippen molar-refractivity contribution in [3.05, 3.63) is 28.2 Å². The molecule has 1 atom stereocenters. The zero-order valence-corrected chi connectivity index (χ0v) is 11.1. The Bertz CT molecular complexity index is 436. The summed E-state index contributed by atoms with van der Waals surface area (Å²) in [6.07, 6.45) is 0. The van der Waals surface area contributed by atoms with Gasteiger partial charge >= 0.3 is 0 Å². The highest BCUT2D eigenvalue weighted by Crippen LogP contribution is 2.21. The second-order valence-corrected chi connectivity index (χ2v) is 4.62. The normalized spacial score (nSPS) is 11.9. The number of thiocarbonyl (C=S) groups is 1. The highest BCUT2D eigenvalue weighted by Gasteiger charge is 2.09. The number of nitrogens with one attached hydrogen (secondary N) is 1. The van der Waals surface area contributed by atoms with Crippen LogP contribution in [-0.2, 0) is 4.79 Å². The second-order valence-electron chi connectivity index (χ2n) is 3.33. The van der Waals surface area contributed by atoms with Crippen LogP contribution in [0.2, 0.25) is 0 Å². The molecule has 0 saturated carbocycles. The number of carbonyl (C=O) groups excluding carboxylic acids is 1. The minimum atomic E-state index is -0.428. The van der Waals surface area contributed by atoms with Crippen LogP contribution >= 0.6 is 28.1 Å². The van der Waals surface area contributed by atoms with Crippen molar-refractivity contribution < 1.29 is 4.79 Å². The number of amides is 1. The highest BCUT2D eigenvalue weighted by atomic mass is 79.9. The number of benzene rings is 1. The van der Waals surface area contributed by atoms with E-state index in [4.69, 9.17) is 23.7 Å². The maximum atomic E-state index is 10.9. The average molecular weight is 302 g/mol. The summed E-state index contributed by atoms with van der Waals surface area (Å²) in [4.78, 5) is 11.2. The van der Waals surface area contributed by atoms with E-state index in [1.807, 2.05) is 0 Å². The molecule has 0 heterocycles. The van der Waals surface area contributed by atoms with Gasteiger partial charge in [0.1, 0.15) is 11.0 Å². The molecule has 1 aromatic rings. The fraction of sp³-hybridized carbons (Fsp3) is 0.200. The molecule has 86 valence electrons. The van der Waals surface area contributed by atoms with Crippen molar-refractivity contribution in [2.24, 2.45) is 11.5 Å². The van der Waals surface area contributed by atoms with Crippen LogP contribution in [0.3, 0.4) is 0 Å². The number of primary amides is 1. The van der Waals surface area contributed by atoms with Gasteiger partial charge in [-0.15, -0.1) is 0 Å². The largest absolute Gasteiger partial charge is 0.389 e. The molecule has 0 aliphatic carbocycles. The molecular formula is C10H12BrN3OS. The van der Waals surface area contributed by atoms with Gasteiger partial charge in [-0.3, -0.25) is 4.79 Å². The first-order valence-corrected chi connectivity index (χ1v) is 5.77. The van der Waals surface area contributed by atoms with Gasteiger partial charge < -0.3 is 16.8 Å². The standard InChI is InChI=1S/C10H12BrN3OS/c1-5(9(12)15)14-6-2-3-7(10(13)16)8(11)4-6/h2-5,14H,1H3,(H2,12,15)(H2,13,16). The lowest BCUT2D eigenvalue weighted by Gasteiger charge is -2.12. The molecule has 16 heavy (non-hydrogen) atoms. The maximum absolute atomic E-state index is 10.9. The van der Waals surface area contributed by atoms with E-state index in [0.29, 0.717) is 4.99 Å². The van der Waals surface area contributed by atoms with E-state index in [1.54, 1.807) is 25.1 Å². The van der Waals surface area contributed by atoms with Crippen LogP contribution in [0.1, 0.15) is 12.5 Å². The van der Waals surface area contributed by atoms with Gasteiger partial charge in [-0.2, -0.15) is 0 Å². The Labute approximate surface area is 108 Å². The maximum Gasteiger partial charge on any atom is 0.239 e. The molecule has 0 spiro atoms. The molecule has 0 radical (unpaired) electrons. The zero-order chi connectivity index (χ0) is 12.3. The fourth-order valence-corrected chi connectivity index (χ4v) is 2.03. The summed E-state index contributed by atoms with van der Waals surface area (Å²) in [6.45, 7) is 1.69. The van der Waals surface area contributed by atoms with Gasteiger partial charge in [-0.05, 0) is 41.1 Å². The van der Waals surface area contributed by atoms with Crippen molar-refractivity contribution in [1.82, 2.24) is 0 Å². The van der Waals surface area contributed by atoms with Crippen LogP contribution in [-0.4, -0.2) is 16.9 Å². The van der Waals surface area contributed by atoms with Crippen LogP contribution in [0.15, 0.2) is 22.7 Å². The van der Waals surface area contributed by atoms with Gasteiger partial charge in [0.25, 0.3) is 0 Å². The van der Waals surface area contributed by atoms with Crippen molar-refractivity contribution in [3.63, 3.8) is 0 Å². The predicted molar refractivity (Wildman–Crippen MR) is 72.3 cm³/mol. The topological polar surface area (TPSA) is 81.1 Å². The van der Waals surface area contributed by atoms with Gasteiger partial charge in [0.15, 0.2) is 0 Å². The molecule has 1 aromatic carbocycles. The monoisotopic (exact) mass is 301 g/mol. The molecule has 0 aromatic heterocycles. The Kier molecular flexibility index (Phi) is 4.26. The smallest absolute Gasteiger partial charge is 0.239 e. The number of hydrogen-bond acceptors (Lipinski definition) is 3. The first-order chi connectivity index (χ1) is 7.41. The van der Waals surface area contributed by atoms with Crippen LogP contribution in [0.25, 0.3) is 0 Å². The lowest BCUT2D eigenvalue weighted by Crippen LogP contribution is -2.32. The van der Waals surface area contributed by atoms with Gasteiger partial charge in [0, 0.05) is 15.7 Å². The summed E-state index contributed by atoms with van der Waals surface area (Å²) in [5.74, 6) is -0.408. The van der Waals surface area contributed by atoms with Crippen molar-refractivity contribution in [1.29, 1.82) is 0 Å². The Morgan fingerprint density at radius 3 is 2.56 bits per heavy atom. The van der Waals surface area contributed by atoms with Gasteiger partial charge in [0.05, 0.1) is 0 Å². The molecular weight excluding hydrogens is 290 g/mol. The minimum absolute atomic E-state index is 0.321. The highest BCUT2D eigenvalue weighted by molar-refractivity contribution is 9.10. The average Bonchev–Trinajstić information content (AvgIpc) is 2.16. The molecule has 1 rings (SSSR count). The summed E-state index contributed by atoms with van der Waals surface area (Å²) in [5, 5.41) is 2.96. The van der Waals surface area contributed by atoms with E-state index in [2.05, 4.69) is 21.2 Å². The van der Waals surface area contributed by atoms with E-state index in [9.17, 15) is 4.79 Å². The molecule has 1 amide bonds. The van der Waals surface area contributed by atoms with Crippen molar-refractivity contribution in [2.75, 3.05) is 5.32 Å². The lowest BCUT2D eigenvalue weighted by molar-refractivity contribution is -0.118. The number of carbonyl (C=O) groups is 1. The van der Waals surface area contributed by atoms with E-state index in [-0.39, 0.29) is 0 Å². The predicted octanol–water partition coefficient (Wildman–Crippen LogP) is 1.37. The molecule has 5 N–H and O–H groups in total. The lowest BCUT2D eigenvalue weighted by atomic mass is 10.2. The number of halogens is 1. The summed E-state index contributed by atoms with van der Waals surface area (Å²) in [5.41, 5.74) is 12.2. The Morgan fingerprint density at radius 2 is 2.12 bits per heavy atom. The number of rotatable bonds is 4. The Balaban J connectivity index is 2.89. The van der Waals surface area contributed by atoms with Crippen molar-refractivity contribution >= 4 is 44.7 Å². The van der Waals surface area contributed by atoms with E-state index in [0.717, 1.165) is 15.7 Å². The van der Waals surface area contributed by atoms with Crippen LogP contribution in [0.4, 0.5) is 5.69 Å².